The summed E-state index contributed by atoms with van der Waals surface area (Å²) in [5, 5.41) is 9.95. The number of terminal acetylenes is 1. The van der Waals surface area contributed by atoms with E-state index < -0.39 is 0 Å². The van der Waals surface area contributed by atoms with E-state index in [1.54, 1.807) is 17.1 Å². The summed E-state index contributed by atoms with van der Waals surface area (Å²) in [6, 6.07) is 0.391. The van der Waals surface area contributed by atoms with Gasteiger partial charge in [-0.25, -0.2) is 0 Å². The van der Waals surface area contributed by atoms with E-state index in [1.165, 1.54) is 0 Å². The van der Waals surface area contributed by atoms with Crippen molar-refractivity contribution in [1.82, 2.24) is 15.1 Å². The fraction of sp³-hybridized carbons (Fsp3) is 0.455. The number of hydrogen-bond donors (Lipinski definition) is 2. The predicted molar refractivity (Wildman–Crippen MR) is 60.7 cm³/mol. The largest absolute Gasteiger partial charge is 0.372 e. The molecule has 5 nitrogen and oxygen atoms in total. The number of nitrogens with one attached hydrogen (secondary N) is 2. The van der Waals surface area contributed by atoms with E-state index >= 15 is 0 Å². The van der Waals surface area contributed by atoms with E-state index in [-0.39, 0.29) is 12.5 Å². The monoisotopic (exact) mass is 218 g/mol. The van der Waals surface area contributed by atoms with Crippen LogP contribution in [-0.4, -0.2) is 28.3 Å². The molecule has 16 heavy (non-hydrogen) atoms. The van der Waals surface area contributed by atoms with Crippen molar-refractivity contribution in [3.05, 3.63) is 12.4 Å². The van der Waals surface area contributed by atoms with Crippen molar-refractivity contribution in [2.24, 2.45) is 0 Å². The minimum atomic E-state index is 0.00843. The summed E-state index contributed by atoms with van der Waals surface area (Å²) in [6.07, 6.45) is 10.7. The van der Waals surface area contributed by atoms with Gasteiger partial charge in [0.25, 0.3) is 0 Å². The fourth-order valence-corrected chi connectivity index (χ4v) is 1.34. The molecule has 1 heterocycles. The number of carbonyl (C=O) groups is 1. The number of aromatic nitrogens is 2. The average Bonchev–Trinajstić information content (AvgIpc) is 2.94. The molecule has 5 heteroatoms. The maximum Gasteiger partial charge on any atom is 0.241 e. The summed E-state index contributed by atoms with van der Waals surface area (Å²) in [5.74, 6) is 2.48. The van der Waals surface area contributed by atoms with Crippen LogP contribution in [-0.2, 0) is 11.3 Å². The molecule has 1 amide bonds. The first-order valence-corrected chi connectivity index (χ1v) is 5.27. The van der Waals surface area contributed by atoms with Gasteiger partial charge in [0, 0.05) is 12.2 Å². The van der Waals surface area contributed by atoms with Gasteiger partial charge in [0.1, 0.15) is 6.54 Å². The van der Waals surface area contributed by atoms with E-state index in [4.69, 9.17) is 6.42 Å². The Kier molecular flexibility index (Phi) is 3.10. The van der Waals surface area contributed by atoms with Gasteiger partial charge >= 0.3 is 0 Å². The Morgan fingerprint density at radius 3 is 3.19 bits per heavy atom. The third-order valence-corrected chi connectivity index (χ3v) is 2.28. The Labute approximate surface area is 94.2 Å². The molecule has 1 aromatic heterocycles. The Balaban J connectivity index is 1.81. The Morgan fingerprint density at radius 2 is 2.50 bits per heavy atom. The number of hydrogen-bond acceptors (Lipinski definition) is 3. The quantitative estimate of drug-likeness (QED) is 0.694. The lowest BCUT2D eigenvalue weighted by molar-refractivity contribution is -0.122. The molecular formula is C11H14N4O. The van der Waals surface area contributed by atoms with Gasteiger partial charge in [0.15, 0.2) is 0 Å². The van der Waals surface area contributed by atoms with Gasteiger partial charge in [0.05, 0.1) is 18.4 Å². The zero-order chi connectivity index (χ0) is 11.4. The van der Waals surface area contributed by atoms with Gasteiger partial charge in [-0.3, -0.25) is 9.48 Å². The van der Waals surface area contributed by atoms with Crippen LogP contribution in [0.15, 0.2) is 12.4 Å². The Bertz CT molecular complexity index is 414. The lowest BCUT2D eigenvalue weighted by Crippen LogP contribution is -2.29. The molecule has 2 rings (SSSR count). The smallest absolute Gasteiger partial charge is 0.241 e. The maximum absolute atomic E-state index is 11.5. The minimum absolute atomic E-state index is 0.00843. The third kappa shape index (κ3) is 3.02. The first-order chi connectivity index (χ1) is 7.78. The topological polar surface area (TPSA) is 59.0 Å². The lowest BCUT2D eigenvalue weighted by atomic mass is 10.5. The van der Waals surface area contributed by atoms with Crippen LogP contribution in [0.5, 0.6) is 0 Å². The number of nitrogens with zero attached hydrogens (tertiary/aromatic N) is 2. The second kappa shape index (κ2) is 4.71. The van der Waals surface area contributed by atoms with Crippen molar-refractivity contribution in [3.8, 4) is 12.3 Å². The molecule has 0 aromatic carbocycles. The second-order valence-corrected chi connectivity index (χ2v) is 3.83. The zero-order valence-corrected chi connectivity index (χ0v) is 8.94. The molecule has 0 atom stereocenters. The highest BCUT2D eigenvalue weighted by atomic mass is 16.2. The van der Waals surface area contributed by atoms with Gasteiger partial charge in [-0.05, 0) is 12.8 Å². The van der Waals surface area contributed by atoms with Crippen molar-refractivity contribution >= 4 is 11.6 Å². The molecule has 1 aromatic rings. The van der Waals surface area contributed by atoms with Crippen LogP contribution in [0.4, 0.5) is 5.69 Å². The molecule has 0 radical (unpaired) electrons. The molecule has 1 fully saturated rings. The molecule has 2 N–H and O–H groups in total. The van der Waals surface area contributed by atoms with Crippen LogP contribution in [0, 0.1) is 12.3 Å². The molecule has 1 aliphatic rings. The molecule has 84 valence electrons. The number of rotatable bonds is 5. The molecule has 0 saturated heterocycles. The van der Waals surface area contributed by atoms with Crippen LogP contribution in [0.25, 0.3) is 0 Å². The number of amides is 1. The first kappa shape index (κ1) is 10.6. The van der Waals surface area contributed by atoms with Gasteiger partial charge < -0.3 is 10.6 Å². The van der Waals surface area contributed by atoms with Crippen molar-refractivity contribution < 1.29 is 4.79 Å². The minimum Gasteiger partial charge on any atom is -0.372 e. The summed E-state index contributed by atoms with van der Waals surface area (Å²) < 4.78 is 1.59. The van der Waals surface area contributed by atoms with Crippen LogP contribution in [0.3, 0.4) is 0 Å². The second-order valence-electron chi connectivity index (χ2n) is 3.83. The van der Waals surface area contributed by atoms with Crippen LogP contribution in [0.2, 0.25) is 0 Å². The summed E-state index contributed by atoms with van der Waals surface area (Å²) in [5.41, 5.74) is 0.831. The molecule has 1 saturated carbocycles. The Morgan fingerprint density at radius 1 is 1.69 bits per heavy atom. The van der Waals surface area contributed by atoms with Crippen molar-refractivity contribution in [2.45, 2.75) is 25.4 Å². The highest BCUT2D eigenvalue weighted by Crippen LogP contribution is 2.18. The molecule has 0 spiro atoms. The van der Waals surface area contributed by atoms with Gasteiger partial charge in [0.2, 0.25) is 5.91 Å². The van der Waals surface area contributed by atoms with Gasteiger partial charge in [-0.1, -0.05) is 5.92 Å². The molecule has 1 aliphatic carbocycles. The van der Waals surface area contributed by atoms with Crippen molar-refractivity contribution in [2.75, 3.05) is 11.9 Å². The predicted octanol–water partition coefficient (Wildman–Crippen LogP) is 0.207. The SMILES string of the molecule is C#CCNc1cnn(CC(=O)NC2CC2)c1. The number of carbonyl (C=O) groups excluding carboxylic acids is 1. The fourth-order valence-electron chi connectivity index (χ4n) is 1.34. The standard InChI is InChI=1S/C11H14N4O/c1-2-5-12-10-6-13-15(7-10)8-11(16)14-9-3-4-9/h1,6-7,9,12H,3-5,8H2,(H,14,16). The normalized spacial score (nSPS) is 14.2. The molecule has 0 aliphatic heterocycles. The van der Waals surface area contributed by atoms with E-state index in [0.29, 0.717) is 12.6 Å². The summed E-state index contributed by atoms with van der Waals surface area (Å²) in [6.45, 7) is 0.716. The van der Waals surface area contributed by atoms with E-state index in [1.807, 2.05) is 0 Å². The van der Waals surface area contributed by atoms with Gasteiger partial charge in [-0.2, -0.15) is 5.10 Å². The molecular weight excluding hydrogens is 204 g/mol. The summed E-state index contributed by atoms with van der Waals surface area (Å²) in [7, 11) is 0. The maximum atomic E-state index is 11.5. The van der Waals surface area contributed by atoms with Crippen LogP contribution < -0.4 is 10.6 Å². The zero-order valence-electron chi connectivity index (χ0n) is 8.94. The van der Waals surface area contributed by atoms with Gasteiger partial charge in [-0.15, -0.1) is 6.42 Å². The van der Waals surface area contributed by atoms with Crippen LogP contribution >= 0.6 is 0 Å². The van der Waals surface area contributed by atoms with E-state index in [9.17, 15) is 4.79 Å². The van der Waals surface area contributed by atoms with E-state index in [0.717, 1.165) is 18.5 Å². The molecule has 0 bridgehead atoms. The van der Waals surface area contributed by atoms with Crippen molar-refractivity contribution in [3.63, 3.8) is 0 Å². The average molecular weight is 218 g/mol. The Hall–Kier alpha value is -1.96. The van der Waals surface area contributed by atoms with E-state index in [2.05, 4.69) is 21.7 Å². The lowest BCUT2D eigenvalue weighted by Gasteiger charge is -2.02. The summed E-state index contributed by atoms with van der Waals surface area (Å²) >= 11 is 0. The summed E-state index contributed by atoms with van der Waals surface area (Å²) in [4.78, 5) is 11.5. The first-order valence-electron chi connectivity index (χ1n) is 5.27. The highest BCUT2D eigenvalue weighted by molar-refractivity contribution is 5.76. The third-order valence-electron chi connectivity index (χ3n) is 2.28. The molecule has 0 unspecified atom stereocenters. The number of anilines is 1. The highest BCUT2D eigenvalue weighted by Gasteiger charge is 2.23. The van der Waals surface area contributed by atoms with Crippen molar-refractivity contribution in [1.29, 1.82) is 0 Å². The van der Waals surface area contributed by atoms with Crippen LogP contribution in [0.1, 0.15) is 12.8 Å².